The summed E-state index contributed by atoms with van der Waals surface area (Å²) in [6, 6.07) is 2.67. The molecule has 0 aliphatic carbocycles. The Bertz CT molecular complexity index is 630. The third-order valence-corrected chi connectivity index (χ3v) is 2.35. The molecule has 19 heavy (non-hydrogen) atoms. The van der Waals surface area contributed by atoms with E-state index in [0.717, 1.165) is 0 Å². The standard InChI is InChI=1S/C10H11N5O4/c1-3-14-9(12-13-10(14)11-6(2)16)7-4-5-8(19-7)15(17)18/h4-5H,3H2,1-2H3,(H,11,13,16). The van der Waals surface area contributed by atoms with Crippen molar-refractivity contribution < 1.29 is 14.1 Å². The fraction of sp³-hybridized carbons (Fsp3) is 0.300. The zero-order valence-corrected chi connectivity index (χ0v) is 10.3. The van der Waals surface area contributed by atoms with E-state index in [2.05, 4.69) is 15.5 Å². The van der Waals surface area contributed by atoms with Gasteiger partial charge in [0.15, 0.2) is 5.76 Å². The summed E-state index contributed by atoms with van der Waals surface area (Å²) in [6.07, 6.45) is 0. The Hall–Kier alpha value is -2.71. The Balaban J connectivity index is 2.41. The van der Waals surface area contributed by atoms with E-state index in [1.165, 1.54) is 19.1 Å². The number of furan rings is 1. The van der Waals surface area contributed by atoms with Gasteiger partial charge < -0.3 is 4.42 Å². The minimum atomic E-state index is -0.634. The number of rotatable bonds is 4. The maximum atomic E-state index is 11.0. The molecule has 2 heterocycles. The molecule has 0 radical (unpaired) electrons. The highest BCUT2D eigenvalue weighted by Crippen LogP contribution is 2.26. The lowest BCUT2D eigenvalue weighted by Gasteiger charge is -2.05. The number of carbonyl (C=O) groups is 1. The van der Waals surface area contributed by atoms with E-state index < -0.39 is 4.92 Å². The van der Waals surface area contributed by atoms with Crippen molar-refractivity contribution in [3.8, 4) is 11.6 Å². The first-order valence-electron chi connectivity index (χ1n) is 5.48. The Morgan fingerprint density at radius 3 is 2.79 bits per heavy atom. The molecule has 0 unspecified atom stereocenters. The molecule has 2 aromatic heterocycles. The van der Waals surface area contributed by atoms with Gasteiger partial charge in [0.2, 0.25) is 17.7 Å². The summed E-state index contributed by atoms with van der Waals surface area (Å²) < 4.78 is 6.64. The van der Waals surface area contributed by atoms with Gasteiger partial charge in [-0.05, 0) is 13.0 Å². The van der Waals surface area contributed by atoms with Crippen molar-refractivity contribution in [2.75, 3.05) is 5.32 Å². The first-order chi connectivity index (χ1) is 9.02. The molecule has 0 aromatic carbocycles. The van der Waals surface area contributed by atoms with Crippen molar-refractivity contribution in [2.45, 2.75) is 20.4 Å². The van der Waals surface area contributed by atoms with Gasteiger partial charge in [0.25, 0.3) is 0 Å². The second kappa shape index (κ2) is 4.88. The fourth-order valence-electron chi connectivity index (χ4n) is 1.58. The summed E-state index contributed by atoms with van der Waals surface area (Å²) >= 11 is 0. The number of hydrogen-bond donors (Lipinski definition) is 1. The van der Waals surface area contributed by atoms with E-state index in [4.69, 9.17) is 4.42 Å². The van der Waals surface area contributed by atoms with E-state index >= 15 is 0 Å². The van der Waals surface area contributed by atoms with Crippen LogP contribution in [0.25, 0.3) is 11.6 Å². The van der Waals surface area contributed by atoms with Gasteiger partial charge in [-0.15, -0.1) is 10.2 Å². The first-order valence-corrected chi connectivity index (χ1v) is 5.48. The number of nitrogens with zero attached hydrogens (tertiary/aromatic N) is 4. The number of amides is 1. The first kappa shape index (κ1) is 12.7. The normalized spacial score (nSPS) is 10.4. The van der Waals surface area contributed by atoms with Crippen LogP contribution in [-0.2, 0) is 11.3 Å². The van der Waals surface area contributed by atoms with Gasteiger partial charge in [-0.1, -0.05) is 0 Å². The fourth-order valence-corrected chi connectivity index (χ4v) is 1.58. The van der Waals surface area contributed by atoms with Crippen molar-refractivity contribution in [1.82, 2.24) is 14.8 Å². The van der Waals surface area contributed by atoms with Gasteiger partial charge in [-0.2, -0.15) is 0 Å². The van der Waals surface area contributed by atoms with Crippen LogP contribution >= 0.6 is 0 Å². The number of nitrogens with one attached hydrogen (secondary N) is 1. The summed E-state index contributed by atoms with van der Waals surface area (Å²) in [5.41, 5.74) is 0. The summed E-state index contributed by atoms with van der Waals surface area (Å²) in [4.78, 5) is 20.9. The Labute approximate surface area is 107 Å². The lowest BCUT2D eigenvalue weighted by Crippen LogP contribution is -2.12. The van der Waals surface area contributed by atoms with E-state index in [-0.39, 0.29) is 23.5 Å². The third kappa shape index (κ3) is 2.44. The van der Waals surface area contributed by atoms with Crippen molar-refractivity contribution in [3.63, 3.8) is 0 Å². The molecule has 0 spiro atoms. The van der Waals surface area contributed by atoms with E-state index in [0.29, 0.717) is 12.4 Å². The molecule has 0 fully saturated rings. The Kier molecular flexibility index (Phi) is 3.27. The lowest BCUT2D eigenvalue weighted by molar-refractivity contribution is -0.401. The summed E-state index contributed by atoms with van der Waals surface area (Å²) in [6.45, 7) is 3.66. The molecule has 0 aliphatic rings. The van der Waals surface area contributed by atoms with Crippen LogP contribution in [0.2, 0.25) is 0 Å². The maximum Gasteiger partial charge on any atom is 0.433 e. The zero-order chi connectivity index (χ0) is 14.0. The highest BCUT2D eigenvalue weighted by atomic mass is 16.6. The Morgan fingerprint density at radius 2 is 2.26 bits per heavy atom. The molecule has 0 saturated carbocycles. The van der Waals surface area contributed by atoms with E-state index in [1.54, 1.807) is 4.57 Å². The molecule has 2 rings (SSSR count). The summed E-state index contributed by atoms with van der Waals surface area (Å²) in [7, 11) is 0. The largest absolute Gasteiger partial charge is 0.433 e. The third-order valence-electron chi connectivity index (χ3n) is 2.35. The Morgan fingerprint density at radius 1 is 1.53 bits per heavy atom. The van der Waals surface area contributed by atoms with Crippen molar-refractivity contribution in [1.29, 1.82) is 0 Å². The number of nitro groups is 1. The predicted molar refractivity (Wildman–Crippen MR) is 64.4 cm³/mol. The molecule has 0 saturated heterocycles. The molecule has 0 atom stereocenters. The van der Waals surface area contributed by atoms with Gasteiger partial charge in [0.1, 0.15) is 4.92 Å². The molecule has 2 aromatic rings. The smallest absolute Gasteiger partial charge is 0.397 e. The zero-order valence-electron chi connectivity index (χ0n) is 10.3. The maximum absolute atomic E-state index is 11.0. The highest BCUT2D eigenvalue weighted by molar-refractivity contribution is 5.87. The van der Waals surface area contributed by atoms with Crippen LogP contribution in [-0.4, -0.2) is 25.6 Å². The average Bonchev–Trinajstić information content (AvgIpc) is 2.93. The topological polar surface area (TPSA) is 116 Å². The van der Waals surface area contributed by atoms with Crippen LogP contribution in [0.1, 0.15) is 13.8 Å². The van der Waals surface area contributed by atoms with Crippen LogP contribution in [0.15, 0.2) is 16.5 Å². The average molecular weight is 265 g/mol. The number of carbonyl (C=O) groups excluding carboxylic acids is 1. The van der Waals surface area contributed by atoms with Crippen LogP contribution in [0, 0.1) is 10.1 Å². The number of hydrogen-bond acceptors (Lipinski definition) is 6. The SMILES string of the molecule is CCn1c(NC(C)=O)nnc1-c1ccc([N+](=O)[O-])o1. The van der Waals surface area contributed by atoms with E-state index in [9.17, 15) is 14.9 Å². The van der Waals surface area contributed by atoms with Crippen LogP contribution < -0.4 is 5.32 Å². The lowest BCUT2D eigenvalue weighted by atomic mass is 10.4. The molecule has 9 nitrogen and oxygen atoms in total. The number of aromatic nitrogens is 3. The van der Waals surface area contributed by atoms with Gasteiger partial charge in [-0.25, -0.2) is 0 Å². The van der Waals surface area contributed by atoms with Gasteiger partial charge in [-0.3, -0.25) is 24.8 Å². The molecular formula is C10H11N5O4. The predicted octanol–water partition coefficient (Wildman–Crippen LogP) is 1.42. The van der Waals surface area contributed by atoms with Crippen LogP contribution in [0.3, 0.4) is 0 Å². The molecule has 0 bridgehead atoms. The van der Waals surface area contributed by atoms with Gasteiger partial charge in [0.05, 0.1) is 6.07 Å². The highest BCUT2D eigenvalue weighted by Gasteiger charge is 2.19. The monoisotopic (exact) mass is 265 g/mol. The minimum Gasteiger partial charge on any atom is -0.397 e. The quantitative estimate of drug-likeness (QED) is 0.660. The second-order valence-electron chi connectivity index (χ2n) is 3.67. The van der Waals surface area contributed by atoms with E-state index in [1.807, 2.05) is 6.92 Å². The van der Waals surface area contributed by atoms with Crippen molar-refractivity contribution in [3.05, 3.63) is 22.2 Å². The summed E-state index contributed by atoms with van der Waals surface area (Å²) in [5, 5.41) is 20.8. The molecule has 1 N–H and O–H groups in total. The van der Waals surface area contributed by atoms with Crippen molar-refractivity contribution >= 4 is 17.7 Å². The molecule has 9 heteroatoms. The van der Waals surface area contributed by atoms with Crippen LogP contribution in [0.4, 0.5) is 11.8 Å². The summed E-state index contributed by atoms with van der Waals surface area (Å²) in [5.74, 6) is 0.155. The molecule has 1 amide bonds. The second-order valence-corrected chi connectivity index (χ2v) is 3.67. The molecular weight excluding hydrogens is 254 g/mol. The minimum absolute atomic E-state index is 0.220. The van der Waals surface area contributed by atoms with Gasteiger partial charge in [0, 0.05) is 13.5 Å². The van der Waals surface area contributed by atoms with Crippen molar-refractivity contribution in [2.24, 2.45) is 0 Å². The number of anilines is 1. The molecule has 100 valence electrons. The van der Waals surface area contributed by atoms with Crippen LogP contribution in [0.5, 0.6) is 0 Å². The molecule has 0 aliphatic heterocycles. The van der Waals surface area contributed by atoms with Gasteiger partial charge >= 0.3 is 5.88 Å².